The van der Waals surface area contributed by atoms with E-state index in [1.165, 1.54) is 16.5 Å². The molecule has 0 bridgehead atoms. The molecule has 0 saturated carbocycles. The van der Waals surface area contributed by atoms with Gasteiger partial charge in [0.25, 0.3) is 0 Å². The molecule has 0 aliphatic carbocycles. The molecule has 3 N–H and O–H groups in total. The van der Waals surface area contributed by atoms with Gasteiger partial charge < -0.3 is 20.1 Å². The van der Waals surface area contributed by atoms with E-state index in [1.54, 1.807) is 0 Å². The van der Waals surface area contributed by atoms with E-state index in [9.17, 15) is 5.11 Å². The number of fused-ring (bicyclic) bond motifs is 1. The Bertz CT molecular complexity index is 999. The Kier molecular flexibility index (Phi) is 9.17. The van der Waals surface area contributed by atoms with Crippen LogP contribution < -0.4 is 10.1 Å². The van der Waals surface area contributed by atoms with Crippen LogP contribution in [0.15, 0.2) is 91.1 Å². The maximum absolute atomic E-state index is 9.67. The van der Waals surface area contributed by atoms with Crippen LogP contribution in [-0.4, -0.2) is 29.3 Å². The first kappa shape index (κ1) is 22.6. The highest BCUT2D eigenvalue weighted by molar-refractivity contribution is 5.80. The predicted octanol–water partition coefficient (Wildman–Crippen LogP) is 5.34. The van der Waals surface area contributed by atoms with Gasteiger partial charge in [0.2, 0.25) is 0 Å². The van der Waals surface area contributed by atoms with Gasteiger partial charge in [-0.25, -0.2) is 0 Å². The van der Waals surface area contributed by atoms with Crippen LogP contribution in [0.2, 0.25) is 0 Å². The van der Waals surface area contributed by atoms with Crippen LogP contribution in [0.3, 0.4) is 0 Å². The SMILES string of the molecule is CCCNCC(O)Cc1ccccc1.c1ccc(COc2ccc3[nH]ccc3c2)cc1. The van der Waals surface area contributed by atoms with Gasteiger partial charge in [-0.1, -0.05) is 67.6 Å². The molecule has 162 valence electrons. The molecule has 4 aromatic rings. The van der Waals surface area contributed by atoms with Gasteiger partial charge in [-0.05, 0) is 54.8 Å². The summed E-state index contributed by atoms with van der Waals surface area (Å²) >= 11 is 0. The summed E-state index contributed by atoms with van der Waals surface area (Å²) in [4.78, 5) is 3.16. The first-order chi connectivity index (χ1) is 15.2. The number of ether oxygens (including phenoxy) is 1. The van der Waals surface area contributed by atoms with Crippen molar-refractivity contribution in [2.45, 2.75) is 32.5 Å². The molecule has 4 nitrogen and oxygen atoms in total. The van der Waals surface area contributed by atoms with Crippen LogP contribution in [0.25, 0.3) is 10.9 Å². The van der Waals surface area contributed by atoms with Crippen molar-refractivity contribution >= 4 is 10.9 Å². The number of aliphatic hydroxyl groups excluding tert-OH is 1. The fourth-order valence-electron chi connectivity index (χ4n) is 3.27. The highest BCUT2D eigenvalue weighted by Gasteiger charge is 2.03. The standard InChI is InChI=1S/C15H13NO.C12H19NO/c1-2-4-12(5-3-1)11-17-14-6-7-15-13(10-14)8-9-16-15;1-2-8-13-10-12(14)9-11-6-4-3-5-7-11/h1-10,16H,11H2;3-7,12-14H,2,8-10H2,1H3. The molecule has 0 aliphatic heterocycles. The molecule has 4 rings (SSSR count). The summed E-state index contributed by atoms with van der Waals surface area (Å²) in [6.07, 6.45) is 3.50. The molecule has 0 saturated heterocycles. The number of nitrogens with one attached hydrogen (secondary N) is 2. The van der Waals surface area contributed by atoms with E-state index >= 15 is 0 Å². The topological polar surface area (TPSA) is 57.3 Å². The van der Waals surface area contributed by atoms with E-state index in [-0.39, 0.29) is 6.10 Å². The maximum atomic E-state index is 9.67. The summed E-state index contributed by atoms with van der Waals surface area (Å²) in [5, 5.41) is 14.0. The van der Waals surface area contributed by atoms with Crippen molar-refractivity contribution in [3.8, 4) is 5.75 Å². The smallest absolute Gasteiger partial charge is 0.120 e. The van der Waals surface area contributed by atoms with Gasteiger partial charge in [-0.15, -0.1) is 0 Å². The van der Waals surface area contributed by atoms with E-state index in [2.05, 4.69) is 35.4 Å². The average molecular weight is 417 g/mol. The molecule has 1 aromatic heterocycles. The average Bonchev–Trinajstić information content (AvgIpc) is 3.28. The van der Waals surface area contributed by atoms with Crippen molar-refractivity contribution in [2.75, 3.05) is 13.1 Å². The summed E-state index contributed by atoms with van der Waals surface area (Å²) in [6, 6.07) is 28.4. The van der Waals surface area contributed by atoms with Crippen molar-refractivity contribution < 1.29 is 9.84 Å². The number of aromatic nitrogens is 1. The lowest BCUT2D eigenvalue weighted by Gasteiger charge is -2.11. The minimum atomic E-state index is -0.274. The summed E-state index contributed by atoms with van der Waals surface area (Å²) in [5.41, 5.74) is 3.51. The molecule has 4 heteroatoms. The van der Waals surface area contributed by atoms with E-state index in [0.717, 1.165) is 30.7 Å². The first-order valence-electron chi connectivity index (χ1n) is 10.9. The molecule has 1 unspecified atom stereocenters. The highest BCUT2D eigenvalue weighted by Crippen LogP contribution is 2.20. The van der Waals surface area contributed by atoms with E-state index in [1.807, 2.05) is 72.9 Å². The lowest BCUT2D eigenvalue weighted by molar-refractivity contribution is 0.172. The second kappa shape index (κ2) is 12.6. The largest absolute Gasteiger partial charge is 0.489 e. The Morgan fingerprint density at radius 2 is 1.61 bits per heavy atom. The number of aromatic amines is 1. The molecular weight excluding hydrogens is 384 g/mol. The van der Waals surface area contributed by atoms with Gasteiger partial charge in [0, 0.05) is 23.6 Å². The zero-order valence-corrected chi connectivity index (χ0v) is 18.1. The quantitative estimate of drug-likeness (QED) is 0.323. The summed E-state index contributed by atoms with van der Waals surface area (Å²) in [7, 11) is 0. The fourth-order valence-corrected chi connectivity index (χ4v) is 3.27. The number of benzene rings is 3. The number of H-pyrrole nitrogens is 1. The van der Waals surface area contributed by atoms with E-state index < -0.39 is 0 Å². The zero-order valence-electron chi connectivity index (χ0n) is 18.1. The van der Waals surface area contributed by atoms with Crippen molar-refractivity contribution in [2.24, 2.45) is 0 Å². The molecule has 0 fully saturated rings. The first-order valence-corrected chi connectivity index (χ1v) is 10.9. The van der Waals surface area contributed by atoms with Crippen molar-refractivity contribution in [3.05, 3.63) is 102 Å². The number of rotatable bonds is 9. The lowest BCUT2D eigenvalue weighted by atomic mass is 10.1. The van der Waals surface area contributed by atoms with E-state index in [0.29, 0.717) is 13.2 Å². The minimum absolute atomic E-state index is 0.274. The third kappa shape index (κ3) is 7.93. The number of hydrogen-bond donors (Lipinski definition) is 3. The van der Waals surface area contributed by atoms with Gasteiger partial charge in [0.1, 0.15) is 12.4 Å². The van der Waals surface area contributed by atoms with E-state index in [4.69, 9.17) is 4.74 Å². The Morgan fingerprint density at radius 3 is 2.32 bits per heavy atom. The summed E-state index contributed by atoms with van der Waals surface area (Å²) in [6.45, 7) is 4.39. The Morgan fingerprint density at radius 1 is 0.903 bits per heavy atom. The van der Waals surface area contributed by atoms with Crippen molar-refractivity contribution in [1.82, 2.24) is 10.3 Å². The highest BCUT2D eigenvalue weighted by atomic mass is 16.5. The van der Waals surface area contributed by atoms with Crippen molar-refractivity contribution in [1.29, 1.82) is 0 Å². The lowest BCUT2D eigenvalue weighted by Crippen LogP contribution is -2.28. The minimum Gasteiger partial charge on any atom is -0.489 e. The van der Waals surface area contributed by atoms with Gasteiger partial charge in [-0.2, -0.15) is 0 Å². The molecule has 0 radical (unpaired) electrons. The molecule has 31 heavy (non-hydrogen) atoms. The summed E-state index contributed by atoms with van der Waals surface area (Å²) < 4.78 is 5.76. The second-order valence-corrected chi connectivity index (χ2v) is 7.55. The van der Waals surface area contributed by atoms with Gasteiger partial charge in [0.05, 0.1) is 6.10 Å². The normalized spacial score (nSPS) is 11.5. The van der Waals surface area contributed by atoms with Crippen LogP contribution in [0, 0.1) is 0 Å². The van der Waals surface area contributed by atoms with Crippen LogP contribution in [0.1, 0.15) is 24.5 Å². The van der Waals surface area contributed by atoms with Crippen LogP contribution in [-0.2, 0) is 13.0 Å². The second-order valence-electron chi connectivity index (χ2n) is 7.55. The number of aliphatic hydroxyl groups is 1. The Balaban J connectivity index is 0.000000180. The van der Waals surface area contributed by atoms with Gasteiger partial charge in [-0.3, -0.25) is 0 Å². The third-order valence-electron chi connectivity index (χ3n) is 4.89. The van der Waals surface area contributed by atoms with Gasteiger partial charge in [0.15, 0.2) is 0 Å². The Hall–Kier alpha value is -3.08. The van der Waals surface area contributed by atoms with Gasteiger partial charge >= 0.3 is 0 Å². The Labute approximate surface area is 184 Å². The number of hydrogen-bond acceptors (Lipinski definition) is 3. The maximum Gasteiger partial charge on any atom is 0.120 e. The zero-order chi connectivity index (χ0) is 21.7. The summed E-state index contributed by atoms with van der Waals surface area (Å²) in [5.74, 6) is 0.904. The molecule has 1 heterocycles. The van der Waals surface area contributed by atoms with Crippen molar-refractivity contribution in [3.63, 3.8) is 0 Å². The molecule has 0 aliphatic rings. The molecule has 3 aromatic carbocycles. The van der Waals surface area contributed by atoms with Crippen LogP contribution in [0.4, 0.5) is 0 Å². The fraction of sp³-hybridized carbons (Fsp3) is 0.259. The molecule has 0 spiro atoms. The molecule has 1 atom stereocenters. The van der Waals surface area contributed by atoms with Crippen LogP contribution in [0.5, 0.6) is 5.75 Å². The molecule has 0 amide bonds. The third-order valence-corrected chi connectivity index (χ3v) is 4.89. The van der Waals surface area contributed by atoms with Crippen LogP contribution >= 0.6 is 0 Å². The molecular formula is C27H32N2O2. The predicted molar refractivity (Wildman–Crippen MR) is 128 cm³/mol. The monoisotopic (exact) mass is 416 g/mol.